The lowest BCUT2D eigenvalue weighted by Crippen LogP contribution is -2.37. The first kappa shape index (κ1) is 17.8. The first-order chi connectivity index (χ1) is 12.5. The number of aromatic hydroxyl groups is 1. The van der Waals surface area contributed by atoms with E-state index in [0.29, 0.717) is 29.6 Å². The van der Waals surface area contributed by atoms with E-state index in [-0.39, 0.29) is 11.7 Å². The monoisotopic (exact) mass is 450 g/mol. The van der Waals surface area contributed by atoms with Crippen molar-refractivity contribution in [2.24, 2.45) is 0 Å². The molecule has 1 fully saturated rings. The second-order valence-corrected chi connectivity index (χ2v) is 8.81. The zero-order valence-corrected chi connectivity index (χ0v) is 16.9. The molecule has 3 aromatic rings. The standard InChI is InChI=1S/C19H16BrClN2O2S/c20-12-1-3-16(24)14(9-12)19(25)23-7-5-11(6-8-23)18-22-15-10-13(21)2-4-17(15)26-18/h1-4,9-11,24H,5-8H2. The van der Waals surface area contributed by atoms with Gasteiger partial charge in [0.1, 0.15) is 5.75 Å². The predicted molar refractivity (Wildman–Crippen MR) is 108 cm³/mol. The Morgan fingerprint density at radius 2 is 2.00 bits per heavy atom. The zero-order chi connectivity index (χ0) is 18.3. The first-order valence-corrected chi connectivity index (χ1v) is 10.3. The molecular formula is C19H16BrClN2O2S. The summed E-state index contributed by atoms with van der Waals surface area (Å²) in [6, 6.07) is 10.7. The lowest BCUT2D eigenvalue weighted by Gasteiger charge is -2.31. The van der Waals surface area contributed by atoms with E-state index in [2.05, 4.69) is 15.9 Å². The number of phenols is 1. The summed E-state index contributed by atoms with van der Waals surface area (Å²) in [6.45, 7) is 1.32. The summed E-state index contributed by atoms with van der Waals surface area (Å²) < 4.78 is 1.92. The Kier molecular flexibility index (Phi) is 4.90. The quantitative estimate of drug-likeness (QED) is 0.564. The van der Waals surface area contributed by atoms with Crippen LogP contribution in [-0.4, -0.2) is 34.0 Å². The zero-order valence-electron chi connectivity index (χ0n) is 13.8. The maximum Gasteiger partial charge on any atom is 0.257 e. The van der Waals surface area contributed by atoms with Gasteiger partial charge in [0.15, 0.2) is 0 Å². The minimum atomic E-state index is -0.127. The van der Waals surface area contributed by atoms with E-state index in [1.165, 1.54) is 6.07 Å². The maximum absolute atomic E-state index is 12.7. The number of amides is 1. The predicted octanol–water partition coefficient (Wildman–Crippen LogP) is 5.44. The molecule has 0 radical (unpaired) electrons. The number of carbonyl (C=O) groups is 1. The largest absolute Gasteiger partial charge is 0.507 e. The number of aromatic nitrogens is 1. The average Bonchev–Trinajstić information content (AvgIpc) is 3.06. The van der Waals surface area contributed by atoms with E-state index in [1.54, 1.807) is 23.5 Å². The highest BCUT2D eigenvalue weighted by molar-refractivity contribution is 9.10. The van der Waals surface area contributed by atoms with Crippen molar-refractivity contribution in [2.75, 3.05) is 13.1 Å². The molecule has 4 nitrogen and oxygen atoms in total. The minimum absolute atomic E-state index is 0.0170. The van der Waals surface area contributed by atoms with E-state index < -0.39 is 0 Å². The summed E-state index contributed by atoms with van der Waals surface area (Å²) in [5.41, 5.74) is 1.28. The molecule has 0 unspecified atom stereocenters. The van der Waals surface area contributed by atoms with Crippen LogP contribution < -0.4 is 0 Å². The van der Waals surface area contributed by atoms with Crippen LogP contribution in [-0.2, 0) is 0 Å². The van der Waals surface area contributed by atoms with E-state index in [9.17, 15) is 9.90 Å². The van der Waals surface area contributed by atoms with Crippen molar-refractivity contribution in [3.05, 3.63) is 56.5 Å². The van der Waals surface area contributed by atoms with Crippen LogP contribution in [0.1, 0.15) is 34.1 Å². The van der Waals surface area contributed by atoms with E-state index in [1.807, 2.05) is 23.1 Å². The van der Waals surface area contributed by atoms with Crippen molar-refractivity contribution in [3.8, 4) is 5.75 Å². The molecule has 0 atom stereocenters. The molecule has 1 N–H and O–H groups in total. The molecule has 1 amide bonds. The molecule has 134 valence electrons. The first-order valence-electron chi connectivity index (χ1n) is 8.35. The summed E-state index contributed by atoms with van der Waals surface area (Å²) >= 11 is 11.1. The van der Waals surface area contributed by atoms with Gasteiger partial charge in [0, 0.05) is 28.5 Å². The average molecular weight is 452 g/mol. The summed E-state index contributed by atoms with van der Waals surface area (Å²) in [4.78, 5) is 19.3. The van der Waals surface area contributed by atoms with Gasteiger partial charge in [0.05, 0.1) is 20.8 Å². The number of nitrogens with zero attached hydrogens (tertiary/aromatic N) is 2. The summed E-state index contributed by atoms with van der Waals surface area (Å²) in [5, 5.41) is 11.8. The fourth-order valence-corrected chi connectivity index (χ4v) is 4.92. The number of phenolic OH excluding ortho intramolecular Hbond substituents is 1. The second-order valence-electron chi connectivity index (χ2n) is 6.39. The number of fused-ring (bicyclic) bond motifs is 1. The molecule has 1 aromatic heterocycles. The summed E-state index contributed by atoms with van der Waals surface area (Å²) in [6.07, 6.45) is 1.74. The number of benzene rings is 2. The van der Waals surface area contributed by atoms with Gasteiger partial charge in [-0.25, -0.2) is 4.98 Å². The van der Waals surface area contributed by atoms with Gasteiger partial charge in [-0.3, -0.25) is 4.79 Å². The number of carbonyl (C=O) groups excluding carboxylic acids is 1. The molecule has 0 aliphatic carbocycles. The van der Waals surface area contributed by atoms with Crippen molar-refractivity contribution in [2.45, 2.75) is 18.8 Å². The third-order valence-corrected chi connectivity index (χ3v) is 6.61. The minimum Gasteiger partial charge on any atom is -0.507 e. The Labute approximate surface area is 168 Å². The third kappa shape index (κ3) is 3.46. The highest BCUT2D eigenvalue weighted by atomic mass is 79.9. The van der Waals surface area contributed by atoms with Gasteiger partial charge in [-0.05, 0) is 49.2 Å². The third-order valence-electron chi connectivity index (χ3n) is 4.69. The van der Waals surface area contributed by atoms with Crippen LogP contribution in [0.2, 0.25) is 5.02 Å². The molecule has 0 saturated carbocycles. The molecule has 1 aliphatic heterocycles. The van der Waals surface area contributed by atoms with Crippen LogP contribution in [0, 0.1) is 0 Å². The highest BCUT2D eigenvalue weighted by Gasteiger charge is 2.27. The normalized spacial score (nSPS) is 15.5. The second kappa shape index (κ2) is 7.18. The molecule has 4 rings (SSSR count). The highest BCUT2D eigenvalue weighted by Crippen LogP contribution is 2.35. The Bertz CT molecular complexity index is 983. The van der Waals surface area contributed by atoms with Crippen LogP contribution in [0.15, 0.2) is 40.9 Å². The lowest BCUT2D eigenvalue weighted by atomic mass is 9.97. The fourth-order valence-electron chi connectivity index (χ4n) is 3.27. The number of halogens is 2. The maximum atomic E-state index is 12.7. The number of rotatable bonds is 2. The lowest BCUT2D eigenvalue weighted by molar-refractivity contribution is 0.0710. The van der Waals surface area contributed by atoms with Crippen molar-refractivity contribution in [3.63, 3.8) is 0 Å². The van der Waals surface area contributed by atoms with E-state index >= 15 is 0 Å². The molecule has 0 spiro atoms. The Balaban J connectivity index is 1.48. The van der Waals surface area contributed by atoms with Crippen LogP contribution in [0.3, 0.4) is 0 Å². The number of piperidine rings is 1. The molecule has 7 heteroatoms. The van der Waals surface area contributed by atoms with Crippen LogP contribution >= 0.6 is 38.9 Å². The van der Waals surface area contributed by atoms with Gasteiger partial charge < -0.3 is 10.0 Å². The van der Waals surface area contributed by atoms with Crippen LogP contribution in [0.25, 0.3) is 10.2 Å². The van der Waals surface area contributed by atoms with Crippen LogP contribution in [0.4, 0.5) is 0 Å². The Morgan fingerprint density at radius 1 is 1.23 bits per heavy atom. The van der Waals surface area contributed by atoms with Gasteiger partial charge in [0.2, 0.25) is 0 Å². The van der Waals surface area contributed by atoms with Gasteiger partial charge in [-0.2, -0.15) is 0 Å². The van der Waals surface area contributed by atoms with E-state index in [0.717, 1.165) is 32.5 Å². The van der Waals surface area contributed by atoms with Crippen molar-refractivity contribution >= 4 is 55.0 Å². The number of likely N-dealkylation sites (tertiary alicyclic amines) is 1. The van der Waals surface area contributed by atoms with Crippen molar-refractivity contribution in [1.82, 2.24) is 9.88 Å². The fraction of sp³-hybridized carbons (Fsp3) is 0.263. The summed E-state index contributed by atoms with van der Waals surface area (Å²) in [5.74, 6) is 0.244. The number of hydrogen-bond acceptors (Lipinski definition) is 4. The van der Waals surface area contributed by atoms with Gasteiger partial charge in [0.25, 0.3) is 5.91 Å². The smallest absolute Gasteiger partial charge is 0.257 e. The molecule has 0 bridgehead atoms. The Hall–Kier alpha value is -1.63. The van der Waals surface area contributed by atoms with Gasteiger partial charge in [-0.15, -0.1) is 11.3 Å². The van der Waals surface area contributed by atoms with Gasteiger partial charge >= 0.3 is 0 Å². The molecule has 2 aromatic carbocycles. The SMILES string of the molecule is O=C(c1cc(Br)ccc1O)N1CCC(c2nc3cc(Cl)ccc3s2)CC1. The molecule has 1 aliphatic rings. The Morgan fingerprint density at radius 3 is 2.77 bits per heavy atom. The van der Waals surface area contributed by atoms with Crippen LogP contribution in [0.5, 0.6) is 5.75 Å². The van der Waals surface area contributed by atoms with E-state index in [4.69, 9.17) is 16.6 Å². The topological polar surface area (TPSA) is 53.4 Å². The molecular weight excluding hydrogens is 436 g/mol. The number of thiazole rings is 1. The number of hydrogen-bond donors (Lipinski definition) is 1. The van der Waals surface area contributed by atoms with Crippen molar-refractivity contribution in [1.29, 1.82) is 0 Å². The van der Waals surface area contributed by atoms with Gasteiger partial charge in [-0.1, -0.05) is 27.5 Å². The van der Waals surface area contributed by atoms with Crippen molar-refractivity contribution < 1.29 is 9.90 Å². The molecule has 2 heterocycles. The molecule has 1 saturated heterocycles. The molecule has 26 heavy (non-hydrogen) atoms. The summed E-state index contributed by atoms with van der Waals surface area (Å²) in [7, 11) is 0.